The average molecular weight is 282 g/mol. The van der Waals surface area contributed by atoms with E-state index in [1.165, 1.54) is 11.3 Å². The second-order valence-corrected chi connectivity index (χ2v) is 5.95. The Balaban J connectivity index is 1.65. The van der Waals surface area contributed by atoms with Crippen LogP contribution in [-0.2, 0) is 19.4 Å². The fraction of sp³-hybridized carbons (Fsp3) is 0.471. The largest absolute Gasteiger partial charge is 0.297 e. The van der Waals surface area contributed by atoms with Crippen molar-refractivity contribution < 1.29 is 0 Å². The van der Waals surface area contributed by atoms with Crippen molar-refractivity contribution >= 4 is 0 Å². The minimum absolute atomic E-state index is 0.388. The Bertz CT molecular complexity index is 595. The molecule has 0 spiro atoms. The van der Waals surface area contributed by atoms with Gasteiger partial charge in [-0.3, -0.25) is 9.88 Å². The van der Waals surface area contributed by atoms with Gasteiger partial charge in [-0.2, -0.15) is 0 Å². The van der Waals surface area contributed by atoms with E-state index in [-0.39, 0.29) is 0 Å². The minimum atomic E-state index is 0.388. The predicted molar refractivity (Wildman–Crippen MR) is 83.0 cm³/mol. The van der Waals surface area contributed by atoms with Crippen LogP contribution in [0.3, 0.4) is 0 Å². The second kappa shape index (κ2) is 6.31. The van der Waals surface area contributed by atoms with Gasteiger partial charge in [0.25, 0.3) is 0 Å². The van der Waals surface area contributed by atoms with Crippen molar-refractivity contribution in [3.05, 3.63) is 53.4 Å². The van der Waals surface area contributed by atoms with E-state index in [2.05, 4.69) is 40.8 Å². The Morgan fingerprint density at radius 2 is 2.14 bits per heavy atom. The first-order valence-electron chi connectivity index (χ1n) is 7.69. The van der Waals surface area contributed by atoms with Crippen LogP contribution in [0.4, 0.5) is 0 Å². The number of pyridine rings is 1. The molecule has 4 nitrogen and oxygen atoms in total. The average Bonchev–Trinajstić information content (AvgIpc) is 2.53. The maximum absolute atomic E-state index is 4.75. The van der Waals surface area contributed by atoms with Gasteiger partial charge in [-0.1, -0.05) is 19.9 Å². The lowest BCUT2D eigenvalue weighted by Crippen LogP contribution is -2.33. The molecule has 1 aliphatic heterocycles. The predicted octanol–water partition coefficient (Wildman–Crippen LogP) is 2.60. The molecule has 0 aliphatic carbocycles. The van der Waals surface area contributed by atoms with Crippen LogP contribution in [0.25, 0.3) is 0 Å². The van der Waals surface area contributed by atoms with E-state index >= 15 is 0 Å². The van der Waals surface area contributed by atoms with Gasteiger partial charge in [0.2, 0.25) is 0 Å². The van der Waals surface area contributed by atoms with Crippen molar-refractivity contribution in [1.29, 1.82) is 0 Å². The molecule has 1 aliphatic rings. The number of rotatable bonds is 4. The Labute approximate surface area is 126 Å². The topological polar surface area (TPSA) is 41.9 Å². The molecule has 0 radical (unpaired) electrons. The van der Waals surface area contributed by atoms with Crippen LogP contribution >= 0.6 is 0 Å². The quantitative estimate of drug-likeness (QED) is 0.864. The molecule has 3 heterocycles. The summed E-state index contributed by atoms with van der Waals surface area (Å²) in [4.78, 5) is 16.1. The zero-order valence-corrected chi connectivity index (χ0v) is 12.8. The van der Waals surface area contributed by atoms with Crippen molar-refractivity contribution in [1.82, 2.24) is 19.9 Å². The Kier molecular flexibility index (Phi) is 4.25. The van der Waals surface area contributed by atoms with Crippen LogP contribution in [0, 0.1) is 0 Å². The number of nitrogens with zero attached hydrogens (tertiary/aromatic N) is 4. The van der Waals surface area contributed by atoms with Gasteiger partial charge in [0.05, 0.1) is 5.69 Å². The van der Waals surface area contributed by atoms with Gasteiger partial charge in [0.1, 0.15) is 5.82 Å². The lowest BCUT2D eigenvalue weighted by molar-refractivity contribution is 0.251. The Morgan fingerprint density at radius 3 is 2.90 bits per heavy atom. The van der Waals surface area contributed by atoms with Crippen molar-refractivity contribution in [2.75, 3.05) is 13.1 Å². The van der Waals surface area contributed by atoms with Gasteiger partial charge in [0.15, 0.2) is 0 Å². The Hall–Kier alpha value is -1.81. The van der Waals surface area contributed by atoms with Gasteiger partial charge in [0, 0.05) is 50.1 Å². The van der Waals surface area contributed by atoms with Crippen molar-refractivity contribution in [3.8, 4) is 0 Å². The molecule has 0 atom stereocenters. The molecular weight excluding hydrogens is 260 g/mol. The summed E-state index contributed by atoms with van der Waals surface area (Å²) in [6, 6.07) is 6.11. The summed E-state index contributed by atoms with van der Waals surface area (Å²) in [6.45, 7) is 7.35. The van der Waals surface area contributed by atoms with E-state index in [0.717, 1.165) is 44.0 Å². The van der Waals surface area contributed by atoms with Gasteiger partial charge in [-0.15, -0.1) is 0 Å². The van der Waals surface area contributed by atoms with Crippen LogP contribution in [0.2, 0.25) is 0 Å². The summed E-state index contributed by atoms with van der Waals surface area (Å²) in [6.07, 6.45) is 5.94. The number of hydrogen-bond acceptors (Lipinski definition) is 4. The zero-order valence-electron chi connectivity index (χ0n) is 12.8. The van der Waals surface area contributed by atoms with Crippen molar-refractivity contribution in [2.45, 2.75) is 39.2 Å². The van der Waals surface area contributed by atoms with Crippen molar-refractivity contribution in [3.63, 3.8) is 0 Å². The second-order valence-electron chi connectivity index (χ2n) is 5.95. The number of hydrogen-bond donors (Lipinski definition) is 0. The third kappa shape index (κ3) is 3.45. The lowest BCUT2D eigenvalue weighted by Gasteiger charge is -2.28. The Morgan fingerprint density at radius 1 is 1.24 bits per heavy atom. The first-order chi connectivity index (χ1) is 10.2. The van der Waals surface area contributed by atoms with Crippen LogP contribution in [0.5, 0.6) is 0 Å². The highest BCUT2D eigenvalue weighted by Gasteiger charge is 2.18. The molecule has 110 valence electrons. The summed E-state index contributed by atoms with van der Waals surface area (Å²) >= 11 is 0. The lowest BCUT2D eigenvalue weighted by atomic mass is 10.1. The normalized spacial score (nSPS) is 15.2. The van der Waals surface area contributed by atoms with Crippen LogP contribution in [-0.4, -0.2) is 32.9 Å². The van der Waals surface area contributed by atoms with E-state index in [9.17, 15) is 0 Å². The zero-order chi connectivity index (χ0) is 14.7. The molecule has 0 bridgehead atoms. The summed E-state index contributed by atoms with van der Waals surface area (Å²) in [5.41, 5.74) is 3.68. The summed E-state index contributed by atoms with van der Waals surface area (Å²) in [5, 5.41) is 0. The summed E-state index contributed by atoms with van der Waals surface area (Å²) in [7, 11) is 0. The maximum Gasteiger partial charge on any atom is 0.131 e. The highest BCUT2D eigenvalue weighted by molar-refractivity contribution is 5.21. The maximum atomic E-state index is 4.75. The smallest absolute Gasteiger partial charge is 0.131 e. The molecule has 21 heavy (non-hydrogen) atoms. The first kappa shape index (κ1) is 14.1. The van der Waals surface area contributed by atoms with Gasteiger partial charge >= 0.3 is 0 Å². The van der Waals surface area contributed by atoms with Gasteiger partial charge in [-0.05, 0) is 24.1 Å². The molecule has 4 heteroatoms. The van der Waals surface area contributed by atoms with E-state index in [4.69, 9.17) is 4.98 Å². The SMILES string of the molecule is CC(C)c1ncc2c(n1)CN(CCc1ccccn1)CC2. The minimum Gasteiger partial charge on any atom is -0.297 e. The van der Waals surface area contributed by atoms with E-state index in [0.29, 0.717) is 5.92 Å². The molecule has 0 unspecified atom stereocenters. The monoisotopic (exact) mass is 282 g/mol. The van der Waals surface area contributed by atoms with Gasteiger partial charge in [-0.25, -0.2) is 9.97 Å². The third-order valence-corrected chi connectivity index (χ3v) is 3.97. The van der Waals surface area contributed by atoms with E-state index in [1.54, 1.807) is 0 Å². The standard InChI is InChI=1S/C17H22N4/c1-13(2)17-19-11-14-6-9-21(12-16(14)20-17)10-7-15-5-3-4-8-18-15/h3-5,8,11,13H,6-7,9-10,12H2,1-2H3. The van der Waals surface area contributed by atoms with Crippen LogP contribution in [0.1, 0.15) is 42.5 Å². The molecule has 3 rings (SSSR count). The molecule has 0 amide bonds. The molecule has 0 fully saturated rings. The molecule has 0 saturated carbocycles. The fourth-order valence-electron chi connectivity index (χ4n) is 2.66. The fourth-order valence-corrected chi connectivity index (χ4v) is 2.66. The van der Waals surface area contributed by atoms with Crippen molar-refractivity contribution in [2.24, 2.45) is 0 Å². The summed E-state index contributed by atoms with van der Waals surface area (Å²) in [5.74, 6) is 1.35. The first-order valence-corrected chi connectivity index (χ1v) is 7.69. The highest BCUT2D eigenvalue weighted by Crippen LogP contribution is 2.19. The third-order valence-electron chi connectivity index (χ3n) is 3.97. The van der Waals surface area contributed by atoms with Crippen LogP contribution < -0.4 is 0 Å². The van der Waals surface area contributed by atoms with E-state index < -0.39 is 0 Å². The number of fused-ring (bicyclic) bond motifs is 1. The highest BCUT2D eigenvalue weighted by atomic mass is 15.1. The molecule has 2 aromatic rings. The molecule has 0 saturated heterocycles. The van der Waals surface area contributed by atoms with E-state index in [1.807, 2.05) is 18.5 Å². The molecule has 0 N–H and O–H groups in total. The molecule has 0 aromatic carbocycles. The number of aromatic nitrogens is 3. The summed E-state index contributed by atoms with van der Waals surface area (Å²) < 4.78 is 0. The van der Waals surface area contributed by atoms with Crippen LogP contribution in [0.15, 0.2) is 30.6 Å². The van der Waals surface area contributed by atoms with Gasteiger partial charge < -0.3 is 0 Å². The molecule has 2 aromatic heterocycles. The molecular formula is C17H22N4.